The lowest BCUT2D eigenvalue weighted by Gasteiger charge is -2.10. The van der Waals surface area contributed by atoms with Crippen molar-refractivity contribution in [1.82, 2.24) is 9.13 Å². The summed E-state index contributed by atoms with van der Waals surface area (Å²) in [6, 6.07) is 9.38. The molecule has 1 aromatic carbocycles. The number of fused-ring (bicyclic) bond motifs is 1. The van der Waals surface area contributed by atoms with Gasteiger partial charge in [-0.2, -0.15) is 0 Å². The van der Waals surface area contributed by atoms with E-state index >= 15 is 0 Å². The number of rotatable bonds is 1. The topological polar surface area (TPSA) is 9.86 Å². The average molecular weight is 227 g/mol. The summed E-state index contributed by atoms with van der Waals surface area (Å²) in [7, 11) is 2.00. The number of aromatic nitrogens is 2. The monoisotopic (exact) mass is 227 g/mol. The molecule has 0 amide bonds. The number of hydrogen-bond acceptors (Lipinski definition) is 1. The van der Waals surface area contributed by atoms with Gasteiger partial charge in [-0.3, -0.25) is 0 Å². The Morgan fingerprint density at radius 2 is 1.62 bits per heavy atom. The molecule has 0 atom stereocenters. The highest BCUT2D eigenvalue weighted by Crippen LogP contribution is 2.29. The summed E-state index contributed by atoms with van der Waals surface area (Å²) >= 11 is 5.47. The van der Waals surface area contributed by atoms with Crippen molar-refractivity contribution in [3.8, 4) is 0 Å². The molecular formula is C13H11N2S. The molecule has 3 rings (SSSR count). The third kappa shape index (κ3) is 1.34. The Bertz CT molecular complexity index is 573. The molecular weight excluding hydrogens is 216 g/mol. The summed E-state index contributed by atoms with van der Waals surface area (Å²) in [6.07, 6.45) is 8.20. The summed E-state index contributed by atoms with van der Waals surface area (Å²) in [4.78, 5) is 0. The largest absolute Gasteiger partial charge is 0.320 e. The highest BCUT2D eigenvalue weighted by Gasteiger charge is 2.22. The molecule has 1 fully saturated rings. The third-order valence-corrected chi connectivity index (χ3v) is 3.32. The zero-order valence-electron chi connectivity index (χ0n) is 8.92. The van der Waals surface area contributed by atoms with Crippen LogP contribution in [0.25, 0.3) is 11.0 Å². The molecule has 0 spiro atoms. The second-order valence-corrected chi connectivity index (χ2v) is 4.17. The van der Waals surface area contributed by atoms with E-state index in [9.17, 15) is 0 Å². The van der Waals surface area contributed by atoms with Gasteiger partial charge in [0.2, 0.25) is 0 Å². The van der Waals surface area contributed by atoms with Crippen LogP contribution < -0.4 is 0 Å². The zero-order chi connectivity index (χ0) is 11.1. The van der Waals surface area contributed by atoms with Crippen molar-refractivity contribution < 1.29 is 0 Å². The first-order valence-corrected chi connectivity index (χ1v) is 5.58. The fourth-order valence-electron chi connectivity index (χ4n) is 2.06. The Labute approximate surface area is 101 Å². The van der Waals surface area contributed by atoms with Gasteiger partial charge in [0.25, 0.3) is 0 Å². The van der Waals surface area contributed by atoms with Gasteiger partial charge in [-0.05, 0) is 50.0 Å². The van der Waals surface area contributed by atoms with Crippen LogP contribution in [-0.4, -0.2) is 9.13 Å². The van der Waals surface area contributed by atoms with Gasteiger partial charge in [-0.15, -0.1) is 0 Å². The molecule has 1 heterocycles. The number of nitrogens with zero attached hydrogens (tertiary/aromatic N) is 2. The van der Waals surface area contributed by atoms with Crippen LogP contribution in [0.4, 0.5) is 0 Å². The second-order valence-electron chi connectivity index (χ2n) is 3.81. The first kappa shape index (κ1) is 10.1. The molecule has 2 aromatic rings. The van der Waals surface area contributed by atoms with Gasteiger partial charge in [0.05, 0.1) is 17.1 Å². The van der Waals surface area contributed by atoms with E-state index in [2.05, 4.69) is 29.5 Å². The summed E-state index contributed by atoms with van der Waals surface area (Å²) in [5, 5.41) is 0. The smallest absolute Gasteiger partial charge is 0.181 e. The molecule has 1 aromatic heterocycles. The van der Waals surface area contributed by atoms with E-state index in [1.165, 1.54) is 0 Å². The van der Waals surface area contributed by atoms with Gasteiger partial charge >= 0.3 is 0 Å². The molecule has 3 heteroatoms. The van der Waals surface area contributed by atoms with Crippen molar-refractivity contribution in [2.24, 2.45) is 7.05 Å². The van der Waals surface area contributed by atoms with Crippen molar-refractivity contribution in [2.75, 3.05) is 0 Å². The number of aryl methyl sites for hydroxylation is 1. The molecule has 0 N–H and O–H groups in total. The minimum atomic E-state index is 0.826. The third-order valence-electron chi connectivity index (χ3n) is 2.87. The van der Waals surface area contributed by atoms with Crippen molar-refractivity contribution in [1.29, 1.82) is 0 Å². The van der Waals surface area contributed by atoms with Crippen LogP contribution in [0.1, 0.15) is 0 Å². The maximum atomic E-state index is 5.47. The van der Waals surface area contributed by atoms with E-state index in [0.717, 1.165) is 21.8 Å². The molecule has 16 heavy (non-hydrogen) atoms. The van der Waals surface area contributed by atoms with Gasteiger partial charge in [0.1, 0.15) is 0 Å². The fourth-order valence-corrected chi connectivity index (χ4v) is 2.36. The van der Waals surface area contributed by atoms with E-state index in [1.807, 2.05) is 36.6 Å². The molecule has 0 unspecified atom stereocenters. The van der Waals surface area contributed by atoms with E-state index in [1.54, 1.807) is 0 Å². The molecule has 0 saturated heterocycles. The van der Waals surface area contributed by atoms with Gasteiger partial charge in [-0.25, -0.2) is 0 Å². The SMILES string of the molecule is Cn1c(=S)n([C]2[CH][CH][CH][CH]2)c2ccccc21. The lowest BCUT2D eigenvalue weighted by molar-refractivity contribution is 0.820. The highest BCUT2D eigenvalue weighted by molar-refractivity contribution is 7.71. The molecule has 0 bridgehead atoms. The van der Waals surface area contributed by atoms with E-state index in [4.69, 9.17) is 12.2 Å². The van der Waals surface area contributed by atoms with Crippen LogP contribution in [0, 0.1) is 36.5 Å². The predicted molar refractivity (Wildman–Crippen MR) is 67.6 cm³/mol. The summed E-state index contributed by atoms with van der Waals surface area (Å²) < 4.78 is 4.97. The molecule has 2 nitrogen and oxygen atoms in total. The Kier molecular flexibility index (Phi) is 2.36. The summed E-state index contributed by atoms with van der Waals surface area (Å²) in [5.74, 6) is 0. The highest BCUT2D eigenvalue weighted by atomic mass is 32.1. The lowest BCUT2D eigenvalue weighted by Crippen LogP contribution is -2.07. The first-order valence-electron chi connectivity index (χ1n) is 5.17. The molecule has 0 aliphatic heterocycles. The van der Waals surface area contributed by atoms with E-state index in [-0.39, 0.29) is 0 Å². The normalized spacial score (nSPS) is 17.3. The van der Waals surface area contributed by atoms with Gasteiger partial charge in [0.15, 0.2) is 4.77 Å². The zero-order valence-corrected chi connectivity index (χ0v) is 9.74. The Hall–Kier alpha value is -1.09. The number of para-hydroxylation sites is 2. The van der Waals surface area contributed by atoms with Crippen LogP contribution >= 0.6 is 12.2 Å². The van der Waals surface area contributed by atoms with E-state index < -0.39 is 0 Å². The van der Waals surface area contributed by atoms with Crippen LogP contribution in [0.15, 0.2) is 24.3 Å². The number of hydrogen-bond donors (Lipinski definition) is 0. The molecule has 79 valence electrons. The van der Waals surface area contributed by atoms with Crippen LogP contribution in [0.2, 0.25) is 0 Å². The lowest BCUT2D eigenvalue weighted by atomic mass is 10.2. The minimum absolute atomic E-state index is 0.826. The van der Waals surface area contributed by atoms with Gasteiger partial charge in [0, 0.05) is 7.05 Å². The average Bonchev–Trinajstić information content (AvgIpc) is 2.89. The van der Waals surface area contributed by atoms with Crippen molar-refractivity contribution in [3.05, 3.63) is 60.8 Å². The van der Waals surface area contributed by atoms with Gasteiger partial charge < -0.3 is 9.13 Å². The van der Waals surface area contributed by atoms with Crippen molar-refractivity contribution >= 4 is 23.3 Å². The predicted octanol–water partition coefficient (Wildman–Crippen LogP) is 2.92. The molecule has 5 radical (unpaired) electrons. The quantitative estimate of drug-likeness (QED) is 0.681. The second kappa shape index (κ2) is 3.74. The maximum Gasteiger partial charge on any atom is 0.181 e. The fraction of sp³-hybridized carbons (Fsp3) is 0.0769. The van der Waals surface area contributed by atoms with Crippen LogP contribution in [-0.2, 0) is 7.05 Å². The van der Waals surface area contributed by atoms with Crippen molar-refractivity contribution in [3.63, 3.8) is 0 Å². The molecule has 1 aliphatic rings. The molecule has 1 saturated carbocycles. The Morgan fingerprint density at radius 3 is 2.31 bits per heavy atom. The van der Waals surface area contributed by atoms with Gasteiger partial charge in [-0.1, -0.05) is 12.1 Å². The number of imidazole rings is 1. The Morgan fingerprint density at radius 1 is 1.00 bits per heavy atom. The summed E-state index contributed by atoms with van der Waals surface area (Å²) in [6.45, 7) is 0. The standard InChI is InChI=1S/C13H11N2S/c1-14-11-8-4-5-9-12(11)15(13(14)16)10-6-2-3-7-10/h2-9H,1H3. The first-order chi connectivity index (χ1) is 7.79. The number of benzene rings is 1. The Balaban J connectivity index is 2.30. The van der Waals surface area contributed by atoms with Crippen molar-refractivity contribution in [2.45, 2.75) is 0 Å². The van der Waals surface area contributed by atoms with Crippen LogP contribution in [0.3, 0.4) is 0 Å². The minimum Gasteiger partial charge on any atom is -0.320 e. The van der Waals surface area contributed by atoms with E-state index in [0.29, 0.717) is 0 Å². The van der Waals surface area contributed by atoms with Crippen LogP contribution in [0.5, 0.6) is 0 Å². The summed E-state index contributed by atoms with van der Waals surface area (Å²) in [5.41, 5.74) is 2.31. The maximum absolute atomic E-state index is 5.47. The molecule has 1 aliphatic carbocycles.